The summed E-state index contributed by atoms with van der Waals surface area (Å²) < 4.78 is 5.14. The zero-order valence-corrected chi connectivity index (χ0v) is 13.3. The summed E-state index contributed by atoms with van der Waals surface area (Å²) in [6.07, 6.45) is 1.07. The van der Waals surface area contributed by atoms with E-state index in [0.717, 1.165) is 17.9 Å². The molecule has 0 aliphatic rings. The molecule has 0 radical (unpaired) electrons. The molecule has 0 saturated heterocycles. The van der Waals surface area contributed by atoms with Crippen molar-refractivity contribution in [1.82, 2.24) is 0 Å². The minimum Gasteiger partial charge on any atom is -0.427 e. The van der Waals surface area contributed by atoms with Crippen molar-refractivity contribution >= 4 is 23.4 Å². The van der Waals surface area contributed by atoms with Crippen LogP contribution in [-0.2, 0) is 10.5 Å². The normalized spacial score (nSPS) is 10.3. The maximum absolute atomic E-state index is 11.7. The molecular formula is C17H17NO4S. The average Bonchev–Trinajstić information content (AvgIpc) is 2.56. The highest BCUT2D eigenvalue weighted by molar-refractivity contribution is 7.98. The molecule has 0 unspecified atom stereocenters. The molecule has 0 spiro atoms. The third-order valence-electron chi connectivity index (χ3n) is 3.06. The zero-order valence-electron chi connectivity index (χ0n) is 12.5. The molecule has 2 aromatic rings. The highest BCUT2D eigenvalue weighted by Gasteiger charge is 2.08. The first-order chi connectivity index (χ1) is 11.1. The quantitative estimate of drug-likeness (QED) is 0.238. The van der Waals surface area contributed by atoms with Crippen LogP contribution in [0, 0.1) is 10.1 Å². The number of carbonyl (C=O) groups excluding carboxylic acids is 1. The van der Waals surface area contributed by atoms with Crippen molar-refractivity contribution in [3.63, 3.8) is 0 Å². The fourth-order valence-corrected chi connectivity index (χ4v) is 2.82. The molecule has 0 saturated carbocycles. The lowest BCUT2D eigenvalue weighted by atomic mass is 10.2. The van der Waals surface area contributed by atoms with Gasteiger partial charge in [-0.05, 0) is 29.9 Å². The van der Waals surface area contributed by atoms with Gasteiger partial charge in [-0.3, -0.25) is 14.9 Å². The summed E-state index contributed by atoms with van der Waals surface area (Å²) in [6, 6.07) is 15.7. The van der Waals surface area contributed by atoms with Crippen molar-refractivity contribution < 1.29 is 14.5 Å². The van der Waals surface area contributed by atoms with Crippen LogP contribution in [0.4, 0.5) is 5.69 Å². The molecule has 23 heavy (non-hydrogen) atoms. The van der Waals surface area contributed by atoms with Crippen molar-refractivity contribution in [3.8, 4) is 5.75 Å². The van der Waals surface area contributed by atoms with Crippen LogP contribution in [0.3, 0.4) is 0 Å². The predicted molar refractivity (Wildman–Crippen MR) is 90.6 cm³/mol. The second-order valence-corrected chi connectivity index (χ2v) is 5.97. The van der Waals surface area contributed by atoms with Crippen molar-refractivity contribution in [2.75, 3.05) is 5.75 Å². The maximum Gasteiger partial charge on any atom is 0.311 e. The van der Waals surface area contributed by atoms with Crippen molar-refractivity contribution in [2.24, 2.45) is 0 Å². The fraction of sp³-hybridized carbons (Fsp3) is 0.235. The lowest BCUT2D eigenvalue weighted by Crippen LogP contribution is -2.08. The molecule has 2 rings (SSSR count). The number of non-ortho nitro benzene ring substituents is 1. The van der Waals surface area contributed by atoms with Gasteiger partial charge < -0.3 is 4.74 Å². The number of esters is 1. The molecule has 0 aromatic heterocycles. The van der Waals surface area contributed by atoms with Crippen LogP contribution in [-0.4, -0.2) is 16.6 Å². The molecule has 2 aromatic carbocycles. The van der Waals surface area contributed by atoms with Gasteiger partial charge in [0.25, 0.3) is 5.69 Å². The molecule has 0 bridgehead atoms. The Hall–Kier alpha value is -2.34. The Labute approximate surface area is 138 Å². The standard InChI is InChI=1S/C17H17NO4S/c19-17(22-16-10-8-15(9-11-16)18(20)21)7-4-12-23-13-14-5-2-1-3-6-14/h1-3,5-6,8-11H,4,7,12-13H2. The SMILES string of the molecule is O=C(CCCSCc1ccccc1)Oc1ccc([N+](=O)[O-])cc1. The predicted octanol–water partition coefficient (Wildman–Crippen LogP) is 4.21. The van der Waals surface area contributed by atoms with Crippen molar-refractivity contribution in [3.05, 3.63) is 70.3 Å². The Kier molecular flexibility index (Phi) is 6.62. The number of ether oxygens (including phenoxy) is 1. The Morgan fingerprint density at radius 1 is 1.09 bits per heavy atom. The molecule has 0 atom stereocenters. The number of thioether (sulfide) groups is 1. The van der Waals surface area contributed by atoms with Crippen LogP contribution in [0.15, 0.2) is 54.6 Å². The second-order valence-electron chi connectivity index (χ2n) is 4.87. The number of benzene rings is 2. The molecule has 0 aliphatic carbocycles. The topological polar surface area (TPSA) is 69.4 Å². The molecule has 0 aliphatic heterocycles. The molecule has 6 heteroatoms. The first kappa shape index (κ1) is 17.0. The van der Waals surface area contributed by atoms with Gasteiger partial charge in [0, 0.05) is 24.3 Å². The number of rotatable bonds is 8. The first-order valence-corrected chi connectivity index (χ1v) is 8.37. The zero-order chi connectivity index (χ0) is 16.5. The Morgan fingerprint density at radius 3 is 2.43 bits per heavy atom. The van der Waals surface area contributed by atoms with E-state index in [-0.39, 0.29) is 11.7 Å². The average molecular weight is 331 g/mol. The van der Waals surface area contributed by atoms with Crippen LogP contribution in [0.5, 0.6) is 5.75 Å². The van der Waals surface area contributed by atoms with Crippen LogP contribution >= 0.6 is 11.8 Å². The monoisotopic (exact) mass is 331 g/mol. The molecule has 120 valence electrons. The van der Waals surface area contributed by atoms with Crippen LogP contribution < -0.4 is 4.74 Å². The van der Waals surface area contributed by atoms with Gasteiger partial charge in [0.1, 0.15) is 5.75 Å². The van der Waals surface area contributed by atoms with E-state index in [2.05, 4.69) is 12.1 Å². The van der Waals surface area contributed by atoms with Gasteiger partial charge in [-0.2, -0.15) is 11.8 Å². The summed E-state index contributed by atoms with van der Waals surface area (Å²) >= 11 is 1.78. The summed E-state index contributed by atoms with van der Waals surface area (Å²) in [6.45, 7) is 0. The molecular weight excluding hydrogens is 314 g/mol. The Balaban J connectivity index is 1.64. The van der Waals surface area contributed by atoms with E-state index < -0.39 is 4.92 Å². The van der Waals surface area contributed by atoms with Crippen LogP contribution in [0.2, 0.25) is 0 Å². The van der Waals surface area contributed by atoms with Gasteiger partial charge in [-0.1, -0.05) is 30.3 Å². The van der Waals surface area contributed by atoms with Gasteiger partial charge in [-0.15, -0.1) is 0 Å². The smallest absolute Gasteiger partial charge is 0.311 e. The number of nitro groups is 1. The van der Waals surface area contributed by atoms with Crippen molar-refractivity contribution in [1.29, 1.82) is 0 Å². The lowest BCUT2D eigenvalue weighted by molar-refractivity contribution is -0.384. The van der Waals surface area contributed by atoms with Gasteiger partial charge in [0.05, 0.1) is 4.92 Å². The van der Waals surface area contributed by atoms with E-state index in [1.54, 1.807) is 11.8 Å². The van der Waals surface area contributed by atoms with Gasteiger partial charge in [0.2, 0.25) is 0 Å². The third-order valence-corrected chi connectivity index (χ3v) is 4.18. The maximum atomic E-state index is 11.7. The minimum absolute atomic E-state index is 0.0258. The summed E-state index contributed by atoms with van der Waals surface area (Å²) in [4.78, 5) is 21.7. The van der Waals surface area contributed by atoms with E-state index in [1.807, 2.05) is 18.2 Å². The van der Waals surface area contributed by atoms with E-state index >= 15 is 0 Å². The Morgan fingerprint density at radius 2 is 1.78 bits per heavy atom. The number of hydrogen-bond donors (Lipinski definition) is 0. The van der Waals surface area contributed by atoms with E-state index in [1.165, 1.54) is 29.8 Å². The number of hydrogen-bond acceptors (Lipinski definition) is 5. The largest absolute Gasteiger partial charge is 0.427 e. The van der Waals surface area contributed by atoms with Crippen molar-refractivity contribution in [2.45, 2.75) is 18.6 Å². The van der Waals surface area contributed by atoms with Crippen LogP contribution in [0.1, 0.15) is 18.4 Å². The molecule has 0 fully saturated rings. The highest BCUT2D eigenvalue weighted by Crippen LogP contribution is 2.18. The minimum atomic E-state index is -0.491. The van der Waals surface area contributed by atoms with Gasteiger partial charge in [-0.25, -0.2) is 0 Å². The van der Waals surface area contributed by atoms with Gasteiger partial charge in [0.15, 0.2) is 0 Å². The molecule has 0 heterocycles. The summed E-state index contributed by atoms with van der Waals surface area (Å²) in [5, 5.41) is 10.5. The first-order valence-electron chi connectivity index (χ1n) is 7.22. The number of nitro benzene ring substituents is 1. The molecule has 0 amide bonds. The third kappa shape index (κ3) is 6.12. The summed E-state index contributed by atoms with van der Waals surface area (Å²) in [7, 11) is 0. The summed E-state index contributed by atoms with van der Waals surface area (Å²) in [5.41, 5.74) is 1.24. The summed E-state index contributed by atoms with van der Waals surface area (Å²) in [5.74, 6) is 1.82. The van der Waals surface area contributed by atoms with E-state index in [9.17, 15) is 14.9 Å². The van der Waals surface area contributed by atoms with Crippen LogP contribution in [0.25, 0.3) is 0 Å². The second kappa shape index (κ2) is 8.95. The van der Waals surface area contributed by atoms with E-state index in [4.69, 9.17) is 4.74 Å². The molecule has 0 N–H and O–H groups in total. The highest BCUT2D eigenvalue weighted by atomic mass is 32.2. The number of nitrogens with zero attached hydrogens (tertiary/aromatic N) is 1. The molecule has 5 nitrogen and oxygen atoms in total. The van der Waals surface area contributed by atoms with E-state index in [0.29, 0.717) is 12.2 Å². The number of carbonyl (C=O) groups is 1. The Bertz CT molecular complexity index is 643. The fourth-order valence-electron chi connectivity index (χ4n) is 1.90. The van der Waals surface area contributed by atoms with Gasteiger partial charge >= 0.3 is 5.97 Å². The lowest BCUT2D eigenvalue weighted by Gasteiger charge is -2.04.